The summed E-state index contributed by atoms with van der Waals surface area (Å²) >= 11 is 0. The largest absolute Gasteiger partial charge is 0.573 e. The van der Waals surface area contributed by atoms with Gasteiger partial charge in [0.2, 0.25) is 0 Å². The van der Waals surface area contributed by atoms with Gasteiger partial charge in [-0.25, -0.2) is 4.99 Å². The predicted octanol–water partition coefficient (Wildman–Crippen LogP) is 4.38. The van der Waals surface area contributed by atoms with Gasteiger partial charge < -0.3 is 15.8 Å². The lowest BCUT2D eigenvalue weighted by Gasteiger charge is -2.10. The van der Waals surface area contributed by atoms with E-state index >= 15 is 0 Å². The normalized spacial score (nSPS) is 12.1. The number of guanidine groups is 1. The average molecular weight is 401 g/mol. The molecule has 0 spiro atoms. The average Bonchev–Trinajstić information content (AvgIpc) is 2.59. The molecule has 0 amide bonds. The van der Waals surface area contributed by atoms with Crippen LogP contribution < -0.4 is 15.8 Å². The molecular formula is C18H13F6N3O. The molecule has 10 heteroatoms. The van der Waals surface area contributed by atoms with E-state index in [0.29, 0.717) is 5.69 Å². The molecule has 0 atom stereocenters. The fraction of sp³-hybridized carbons (Fsp3) is 0.167. The quantitative estimate of drug-likeness (QED) is 0.347. The Labute approximate surface area is 156 Å². The van der Waals surface area contributed by atoms with Gasteiger partial charge in [0.1, 0.15) is 12.3 Å². The minimum Gasteiger partial charge on any atom is -0.406 e. The highest BCUT2D eigenvalue weighted by Crippen LogP contribution is 2.29. The standard InChI is InChI=1S/C18H13F6N3O/c19-17(20,21)13-5-1-3-12(11-13)4-2-10-26-16(25)27-14-6-8-15(9-7-14)28-18(22,23)24/h1,3,5-9,11H,10H2,(H3,25,26,27). The molecule has 0 unspecified atom stereocenters. The second kappa shape index (κ2) is 8.56. The number of rotatable bonds is 3. The first-order chi connectivity index (χ1) is 13.0. The highest BCUT2D eigenvalue weighted by Gasteiger charge is 2.31. The molecule has 0 heterocycles. The van der Waals surface area contributed by atoms with E-state index in [1.807, 2.05) is 0 Å². The van der Waals surface area contributed by atoms with Crippen LogP contribution in [0.4, 0.5) is 32.0 Å². The van der Waals surface area contributed by atoms with Gasteiger partial charge in [-0.15, -0.1) is 13.2 Å². The number of benzene rings is 2. The van der Waals surface area contributed by atoms with Gasteiger partial charge in [0.15, 0.2) is 5.96 Å². The summed E-state index contributed by atoms with van der Waals surface area (Å²) in [4.78, 5) is 3.86. The highest BCUT2D eigenvalue weighted by atomic mass is 19.4. The molecule has 0 aliphatic carbocycles. The lowest BCUT2D eigenvalue weighted by molar-refractivity contribution is -0.274. The third-order valence-corrected chi connectivity index (χ3v) is 3.11. The van der Waals surface area contributed by atoms with Crippen molar-refractivity contribution in [3.63, 3.8) is 0 Å². The zero-order valence-electron chi connectivity index (χ0n) is 14.0. The van der Waals surface area contributed by atoms with Crippen LogP contribution in [-0.2, 0) is 6.18 Å². The summed E-state index contributed by atoms with van der Waals surface area (Å²) in [6.45, 7) is -0.0929. The van der Waals surface area contributed by atoms with E-state index in [4.69, 9.17) is 5.73 Å². The van der Waals surface area contributed by atoms with Crippen molar-refractivity contribution in [1.82, 2.24) is 0 Å². The minimum absolute atomic E-state index is 0.0668. The highest BCUT2D eigenvalue weighted by molar-refractivity contribution is 5.92. The molecule has 4 nitrogen and oxygen atoms in total. The van der Waals surface area contributed by atoms with Crippen LogP contribution in [0.15, 0.2) is 53.5 Å². The Bertz CT molecular complexity index is 893. The minimum atomic E-state index is -4.78. The SMILES string of the molecule is NC(=NCC#Cc1cccc(C(F)(F)F)c1)Nc1ccc(OC(F)(F)F)cc1. The van der Waals surface area contributed by atoms with Gasteiger partial charge >= 0.3 is 12.5 Å². The van der Waals surface area contributed by atoms with Crippen LogP contribution in [0.25, 0.3) is 0 Å². The summed E-state index contributed by atoms with van der Waals surface area (Å²) in [6.07, 6.45) is -9.24. The molecule has 2 rings (SSSR count). The summed E-state index contributed by atoms with van der Waals surface area (Å²) in [6, 6.07) is 9.33. The maximum atomic E-state index is 12.6. The first-order valence-corrected chi connectivity index (χ1v) is 7.62. The monoisotopic (exact) mass is 401 g/mol. The van der Waals surface area contributed by atoms with E-state index in [9.17, 15) is 26.3 Å². The number of halogens is 6. The fourth-order valence-electron chi connectivity index (χ4n) is 1.97. The second-order valence-corrected chi connectivity index (χ2v) is 5.28. The molecule has 28 heavy (non-hydrogen) atoms. The molecule has 148 valence electrons. The maximum Gasteiger partial charge on any atom is 0.573 e. The first kappa shape index (κ1) is 21.0. The molecule has 3 N–H and O–H groups in total. The molecule has 0 fully saturated rings. The molecule has 0 bridgehead atoms. The molecule has 0 aromatic heterocycles. The summed E-state index contributed by atoms with van der Waals surface area (Å²) < 4.78 is 77.8. The van der Waals surface area contributed by atoms with Crippen LogP contribution >= 0.6 is 0 Å². The van der Waals surface area contributed by atoms with Gasteiger partial charge in [-0.05, 0) is 42.5 Å². The van der Waals surface area contributed by atoms with Crippen molar-refractivity contribution in [3.8, 4) is 17.6 Å². The lowest BCUT2D eigenvalue weighted by atomic mass is 10.1. The Hall–Kier alpha value is -3.35. The van der Waals surface area contributed by atoms with Crippen molar-refractivity contribution < 1.29 is 31.1 Å². The number of anilines is 1. The van der Waals surface area contributed by atoms with Crippen molar-refractivity contribution >= 4 is 11.6 Å². The molecule has 0 radical (unpaired) electrons. The lowest BCUT2D eigenvalue weighted by Crippen LogP contribution is -2.22. The summed E-state index contributed by atoms with van der Waals surface area (Å²) in [5.74, 6) is 4.65. The number of alkyl halides is 6. The van der Waals surface area contributed by atoms with E-state index < -0.39 is 18.1 Å². The van der Waals surface area contributed by atoms with Crippen molar-refractivity contribution in [2.24, 2.45) is 10.7 Å². The smallest absolute Gasteiger partial charge is 0.406 e. The summed E-state index contributed by atoms with van der Waals surface area (Å²) in [5, 5.41) is 2.63. The number of nitrogens with two attached hydrogens (primary N) is 1. The van der Waals surface area contributed by atoms with Gasteiger partial charge in [-0.3, -0.25) is 0 Å². The molecule has 0 aliphatic rings. The zero-order chi connectivity index (χ0) is 20.8. The Morgan fingerprint density at radius 3 is 2.32 bits per heavy atom. The van der Waals surface area contributed by atoms with E-state index in [2.05, 4.69) is 26.9 Å². The Morgan fingerprint density at radius 1 is 1.04 bits per heavy atom. The molecule has 0 saturated heterocycles. The van der Waals surface area contributed by atoms with Crippen LogP contribution in [0.1, 0.15) is 11.1 Å². The van der Waals surface area contributed by atoms with Gasteiger partial charge in [0.25, 0.3) is 0 Å². The van der Waals surface area contributed by atoms with Crippen molar-refractivity contribution in [2.75, 3.05) is 11.9 Å². The maximum absolute atomic E-state index is 12.6. The van der Waals surface area contributed by atoms with Gasteiger partial charge in [-0.1, -0.05) is 17.9 Å². The van der Waals surface area contributed by atoms with E-state index in [1.54, 1.807) is 0 Å². The molecule has 0 aliphatic heterocycles. The fourth-order valence-corrected chi connectivity index (χ4v) is 1.97. The topological polar surface area (TPSA) is 59.6 Å². The van der Waals surface area contributed by atoms with E-state index in [0.717, 1.165) is 24.3 Å². The number of ether oxygens (including phenoxy) is 1. The third kappa shape index (κ3) is 7.11. The number of nitrogens with zero attached hydrogens (tertiary/aromatic N) is 1. The second-order valence-electron chi connectivity index (χ2n) is 5.28. The third-order valence-electron chi connectivity index (χ3n) is 3.11. The van der Waals surface area contributed by atoms with Gasteiger partial charge in [-0.2, -0.15) is 13.2 Å². The van der Waals surface area contributed by atoms with E-state index in [1.165, 1.54) is 24.3 Å². The van der Waals surface area contributed by atoms with Crippen molar-refractivity contribution in [1.29, 1.82) is 0 Å². The van der Waals surface area contributed by atoms with Crippen LogP contribution in [0.5, 0.6) is 5.75 Å². The van der Waals surface area contributed by atoms with Gasteiger partial charge in [0, 0.05) is 11.3 Å². The van der Waals surface area contributed by atoms with Crippen molar-refractivity contribution in [2.45, 2.75) is 12.5 Å². The van der Waals surface area contributed by atoms with Crippen LogP contribution in [0, 0.1) is 11.8 Å². The predicted molar refractivity (Wildman–Crippen MR) is 91.6 cm³/mol. The molecular weight excluding hydrogens is 388 g/mol. The van der Waals surface area contributed by atoms with Crippen LogP contribution in [-0.4, -0.2) is 18.9 Å². The number of hydrogen-bond donors (Lipinski definition) is 2. The van der Waals surface area contributed by atoms with Crippen molar-refractivity contribution in [3.05, 3.63) is 59.7 Å². The molecule has 2 aromatic rings. The summed E-state index contributed by atoms with van der Waals surface area (Å²) in [7, 11) is 0. The van der Waals surface area contributed by atoms with E-state index in [-0.39, 0.29) is 23.8 Å². The summed E-state index contributed by atoms with van der Waals surface area (Å²) in [5.41, 5.74) is 5.35. The number of nitrogens with one attached hydrogen (secondary N) is 1. The Morgan fingerprint density at radius 2 is 1.71 bits per heavy atom. The molecule has 0 saturated carbocycles. The first-order valence-electron chi connectivity index (χ1n) is 7.62. The van der Waals surface area contributed by atoms with Gasteiger partial charge in [0.05, 0.1) is 5.56 Å². The zero-order valence-corrected chi connectivity index (χ0v) is 14.0. The number of aliphatic imine (C=N–C) groups is 1. The molecule has 2 aromatic carbocycles. The Balaban J connectivity index is 1.93. The van der Waals surface area contributed by atoms with Crippen LogP contribution in [0.3, 0.4) is 0 Å². The number of hydrogen-bond acceptors (Lipinski definition) is 2. The van der Waals surface area contributed by atoms with Crippen LogP contribution in [0.2, 0.25) is 0 Å². The Kier molecular flexibility index (Phi) is 6.41.